The lowest BCUT2D eigenvalue weighted by molar-refractivity contribution is 0.0861. The molecular formula is C14H24ClNO4. The molecule has 0 saturated carbocycles. The quantitative estimate of drug-likeness (QED) is 0.750. The number of benzene rings is 1. The van der Waals surface area contributed by atoms with Crippen LogP contribution < -0.4 is 15.2 Å². The Bertz CT molecular complexity index is 428. The van der Waals surface area contributed by atoms with Gasteiger partial charge in [-0.3, -0.25) is 0 Å². The Morgan fingerprint density at radius 3 is 2.30 bits per heavy atom. The van der Waals surface area contributed by atoms with Crippen molar-refractivity contribution in [3.63, 3.8) is 0 Å². The molecule has 1 unspecified atom stereocenters. The lowest BCUT2D eigenvalue weighted by Crippen LogP contribution is -2.31. The molecule has 0 aliphatic rings. The molecule has 0 spiro atoms. The van der Waals surface area contributed by atoms with Crippen LogP contribution in [0.5, 0.6) is 17.2 Å². The van der Waals surface area contributed by atoms with Crippen LogP contribution in [0.3, 0.4) is 0 Å². The van der Waals surface area contributed by atoms with Gasteiger partial charge in [0.1, 0.15) is 17.2 Å². The van der Waals surface area contributed by atoms with E-state index >= 15 is 0 Å². The molecule has 0 aliphatic carbocycles. The molecule has 0 aliphatic heterocycles. The van der Waals surface area contributed by atoms with Crippen molar-refractivity contribution in [2.75, 3.05) is 14.2 Å². The Labute approximate surface area is 126 Å². The van der Waals surface area contributed by atoms with Crippen LogP contribution in [0.1, 0.15) is 31.9 Å². The van der Waals surface area contributed by atoms with E-state index in [1.807, 2.05) is 13.8 Å². The van der Waals surface area contributed by atoms with Crippen LogP contribution in [0.25, 0.3) is 0 Å². The van der Waals surface area contributed by atoms with Crippen LogP contribution in [0.4, 0.5) is 0 Å². The van der Waals surface area contributed by atoms with Gasteiger partial charge in [0, 0.05) is 12.1 Å². The molecule has 0 bridgehead atoms. The summed E-state index contributed by atoms with van der Waals surface area (Å²) >= 11 is 0. The number of hydrogen-bond donors (Lipinski definition) is 3. The second kappa shape index (κ2) is 8.19. The van der Waals surface area contributed by atoms with Crippen molar-refractivity contribution < 1.29 is 19.7 Å². The number of hydrogen-bond acceptors (Lipinski definition) is 5. The molecule has 116 valence electrons. The smallest absolute Gasteiger partial charge is 0.131 e. The number of rotatable bonds is 6. The number of aliphatic hydroxyl groups excluding tert-OH is 1. The second-order valence-electron chi connectivity index (χ2n) is 4.66. The zero-order valence-electron chi connectivity index (χ0n) is 12.3. The van der Waals surface area contributed by atoms with Gasteiger partial charge in [0.25, 0.3) is 0 Å². The van der Waals surface area contributed by atoms with E-state index in [4.69, 9.17) is 15.2 Å². The zero-order valence-corrected chi connectivity index (χ0v) is 13.1. The fourth-order valence-corrected chi connectivity index (χ4v) is 1.98. The van der Waals surface area contributed by atoms with Crippen molar-refractivity contribution >= 4 is 12.4 Å². The van der Waals surface area contributed by atoms with Gasteiger partial charge in [-0.2, -0.15) is 0 Å². The lowest BCUT2D eigenvalue weighted by atomic mass is 9.90. The highest BCUT2D eigenvalue weighted by Crippen LogP contribution is 2.39. The molecular weight excluding hydrogens is 282 g/mol. The summed E-state index contributed by atoms with van der Waals surface area (Å²) in [5.74, 6) is 0.877. The minimum Gasteiger partial charge on any atom is -0.507 e. The van der Waals surface area contributed by atoms with Crippen molar-refractivity contribution in [2.24, 2.45) is 11.7 Å². The molecule has 20 heavy (non-hydrogen) atoms. The fourth-order valence-electron chi connectivity index (χ4n) is 1.98. The van der Waals surface area contributed by atoms with Gasteiger partial charge in [-0.25, -0.2) is 0 Å². The SMILES string of the molecule is CCC(C)[C@H](O)[C@H](N)c1c(O)cc(OC)cc1OC.Cl. The average molecular weight is 306 g/mol. The summed E-state index contributed by atoms with van der Waals surface area (Å²) in [5.41, 5.74) is 6.45. The first-order valence-electron chi connectivity index (χ1n) is 6.34. The maximum absolute atomic E-state index is 10.2. The summed E-state index contributed by atoms with van der Waals surface area (Å²) in [6, 6.07) is 2.38. The largest absolute Gasteiger partial charge is 0.507 e. The number of halogens is 1. The maximum Gasteiger partial charge on any atom is 0.131 e. The summed E-state index contributed by atoms with van der Waals surface area (Å²) in [5, 5.41) is 20.2. The average Bonchev–Trinajstić information content (AvgIpc) is 2.43. The topological polar surface area (TPSA) is 84.9 Å². The van der Waals surface area contributed by atoms with E-state index in [0.29, 0.717) is 17.1 Å². The van der Waals surface area contributed by atoms with Gasteiger partial charge >= 0.3 is 0 Å². The van der Waals surface area contributed by atoms with Crippen LogP contribution >= 0.6 is 12.4 Å². The predicted octanol–water partition coefficient (Wildman–Crippen LogP) is 2.24. The summed E-state index contributed by atoms with van der Waals surface area (Å²) in [7, 11) is 2.99. The van der Waals surface area contributed by atoms with Crippen molar-refractivity contribution in [1.82, 2.24) is 0 Å². The van der Waals surface area contributed by atoms with Gasteiger partial charge in [-0.1, -0.05) is 20.3 Å². The normalized spacial score (nSPS) is 14.9. The van der Waals surface area contributed by atoms with Crippen molar-refractivity contribution in [3.8, 4) is 17.2 Å². The molecule has 1 aromatic carbocycles. The van der Waals surface area contributed by atoms with E-state index in [1.54, 1.807) is 6.07 Å². The summed E-state index contributed by atoms with van der Waals surface area (Å²) in [6.45, 7) is 3.89. The highest BCUT2D eigenvalue weighted by molar-refractivity contribution is 5.85. The van der Waals surface area contributed by atoms with E-state index in [1.165, 1.54) is 20.3 Å². The van der Waals surface area contributed by atoms with Crippen LogP contribution in [-0.4, -0.2) is 30.5 Å². The number of aliphatic hydroxyl groups is 1. The Kier molecular flexibility index (Phi) is 7.71. The van der Waals surface area contributed by atoms with Crippen molar-refractivity contribution in [3.05, 3.63) is 17.7 Å². The highest BCUT2D eigenvalue weighted by atomic mass is 35.5. The van der Waals surface area contributed by atoms with E-state index in [2.05, 4.69) is 0 Å². The maximum atomic E-state index is 10.2. The molecule has 4 N–H and O–H groups in total. The monoisotopic (exact) mass is 305 g/mol. The van der Waals surface area contributed by atoms with Gasteiger partial charge < -0.3 is 25.4 Å². The van der Waals surface area contributed by atoms with Crippen molar-refractivity contribution in [1.29, 1.82) is 0 Å². The van der Waals surface area contributed by atoms with Crippen molar-refractivity contribution in [2.45, 2.75) is 32.4 Å². The summed E-state index contributed by atoms with van der Waals surface area (Å²) < 4.78 is 10.3. The molecule has 0 saturated heterocycles. The Morgan fingerprint density at radius 1 is 1.25 bits per heavy atom. The molecule has 1 rings (SSSR count). The van der Waals surface area contributed by atoms with Gasteiger partial charge in [0.15, 0.2) is 0 Å². The Hall–Kier alpha value is -1.17. The first kappa shape index (κ1) is 18.8. The predicted molar refractivity (Wildman–Crippen MR) is 80.8 cm³/mol. The van der Waals surface area contributed by atoms with Crippen LogP contribution in [0.2, 0.25) is 0 Å². The molecule has 0 amide bonds. The molecule has 0 heterocycles. The second-order valence-corrected chi connectivity index (χ2v) is 4.66. The van der Waals surface area contributed by atoms with E-state index < -0.39 is 12.1 Å². The minimum absolute atomic E-state index is 0. The first-order valence-corrected chi connectivity index (χ1v) is 6.34. The van der Waals surface area contributed by atoms with E-state index in [-0.39, 0.29) is 24.1 Å². The summed E-state index contributed by atoms with van der Waals surface area (Å²) in [4.78, 5) is 0. The molecule has 0 aromatic heterocycles. The van der Waals surface area contributed by atoms with Crippen LogP contribution in [-0.2, 0) is 0 Å². The standard InChI is InChI=1S/C14H23NO4.ClH/c1-5-8(2)14(17)13(15)12-10(16)6-9(18-3)7-11(12)19-4;/h6-8,13-14,16-17H,5,15H2,1-4H3;1H/t8?,13-,14+;/m1./s1. The zero-order chi connectivity index (χ0) is 14.6. The van der Waals surface area contributed by atoms with E-state index in [0.717, 1.165) is 6.42 Å². The highest BCUT2D eigenvalue weighted by Gasteiger charge is 2.27. The third-order valence-corrected chi connectivity index (χ3v) is 3.48. The molecule has 0 radical (unpaired) electrons. The third kappa shape index (κ3) is 3.91. The van der Waals surface area contributed by atoms with Gasteiger partial charge in [-0.05, 0) is 5.92 Å². The number of methoxy groups -OCH3 is 2. The number of ether oxygens (including phenoxy) is 2. The summed E-state index contributed by atoms with van der Waals surface area (Å²) in [6.07, 6.45) is 0.0480. The van der Waals surface area contributed by atoms with Crippen LogP contribution in [0.15, 0.2) is 12.1 Å². The number of nitrogens with two attached hydrogens (primary N) is 1. The van der Waals surface area contributed by atoms with Gasteiger partial charge in [0.2, 0.25) is 0 Å². The molecule has 3 atom stereocenters. The van der Waals surface area contributed by atoms with Gasteiger partial charge in [0.05, 0.1) is 31.9 Å². The minimum atomic E-state index is -0.752. The third-order valence-electron chi connectivity index (χ3n) is 3.48. The molecule has 5 nitrogen and oxygen atoms in total. The number of phenolic OH excluding ortho intramolecular Hbond substituents is 1. The van der Waals surface area contributed by atoms with E-state index in [9.17, 15) is 10.2 Å². The molecule has 1 aromatic rings. The van der Waals surface area contributed by atoms with Gasteiger partial charge in [-0.15, -0.1) is 12.4 Å². The molecule has 0 fully saturated rings. The first-order chi connectivity index (χ1) is 8.96. The molecule has 6 heteroatoms. The fraction of sp³-hybridized carbons (Fsp3) is 0.571. The van der Waals surface area contributed by atoms with Crippen LogP contribution in [0, 0.1) is 5.92 Å². The Balaban J connectivity index is 0.00000361. The lowest BCUT2D eigenvalue weighted by Gasteiger charge is -2.26. The number of phenols is 1. The number of aromatic hydroxyl groups is 1. The Morgan fingerprint density at radius 2 is 1.85 bits per heavy atom.